The van der Waals surface area contributed by atoms with Gasteiger partial charge in [0.25, 0.3) is 0 Å². The SMILES string of the molecule is CCN(C)CCC(C)CN1CCC(C)(C)CC1. The lowest BCUT2D eigenvalue weighted by molar-refractivity contribution is 0.116. The maximum atomic E-state index is 2.67. The van der Waals surface area contributed by atoms with Crippen molar-refractivity contribution in [2.75, 3.05) is 39.8 Å². The zero-order valence-electron chi connectivity index (χ0n) is 12.6. The first-order valence-electron chi connectivity index (χ1n) is 7.34. The van der Waals surface area contributed by atoms with Crippen molar-refractivity contribution in [3.05, 3.63) is 0 Å². The van der Waals surface area contributed by atoms with Crippen molar-refractivity contribution >= 4 is 0 Å². The molecule has 0 aromatic rings. The molecule has 0 saturated carbocycles. The van der Waals surface area contributed by atoms with E-state index in [0.717, 1.165) is 5.92 Å². The monoisotopic (exact) mass is 240 g/mol. The smallest absolute Gasteiger partial charge is 0.000750 e. The van der Waals surface area contributed by atoms with Gasteiger partial charge in [-0.05, 0) is 63.8 Å². The molecule has 1 saturated heterocycles. The van der Waals surface area contributed by atoms with Crippen LogP contribution in [0, 0.1) is 11.3 Å². The van der Waals surface area contributed by atoms with E-state index >= 15 is 0 Å². The van der Waals surface area contributed by atoms with Crippen molar-refractivity contribution in [3.63, 3.8) is 0 Å². The molecule has 1 aliphatic rings. The van der Waals surface area contributed by atoms with Gasteiger partial charge in [0.1, 0.15) is 0 Å². The molecule has 1 atom stereocenters. The molecule has 0 spiro atoms. The van der Waals surface area contributed by atoms with Crippen LogP contribution in [0.5, 0.6) is 0 Å². The lowest BCUT2D eigenvalue weighted by Gasteiger charge is -2.38. The van der Waals surface area contributed by atoms with Crippen LogP contribution in [0.25, 0.3) is 0 Å². The van der Waals surface area contributed by atoms with E-state index in [-0.39, 0.29) is 0 Å². The molecule has 1 fully saturated rings. The molecule has 0 aromatic heterocycles. The fraction of sp³-hybridized carbons (Fsp3) is 1.00. The Morgan fingerprint density at radius 3 is 2.35 bits per heavy atom. The topological polar surface area (TPSA) is 6.48 Å². The van der Waals surface area contributed by atoms with Crippen molar-refractivity contribution in [3.8, 4) is 0 Å². The second-order valence-corrected chi connectivity index (χ2v) is 6.75. The van der Waals surface area contributed by atoms with E-state index in [4.69, 9.17) is 0 Å². The van der Waals surface area contributed by atoms with Gasteiger partial charge in [-0.3, -0.25) is 0 Å². The van der Waals surface area contributed by atoms with Gasteiger partial charge in [0.2, 0.25) is 0 Å². The van der Waals surface area contributed by atoms with Crippen molar-refractivity contribution in [2.45, 2.75) is 47.0 Å². The maximum Gasteiger partial charge on any atom is 0.000750 e. The molecule has 1 unspecified atom stereocenters. The lowest BCUT2D eigenvalue weighted by Crippen LogP contribution is -2.39. The maximum absolute atomic E-state index is 2.67. The fourth-order valence-corrected chi connectivity index (χ4v) is 2.47. The molecule has 1 heterocycles. The highest BCUT2D eigenvalue weighted by molar-refractivity contribution is 4.79. The van der Waals surface area contributed by atoms with Crippen LogP contribution >= 0.6 is 0 Å². The summed E-state index contributed by atoms with van der Waals surface area (Å²) in [5.74, 6) is 0.838. The third kappa shape index (κ3) is 5.87. The summed E-state index contributed by atoms with van der Waals surface area (Å²) in [5.41, 5.74) is 0.585. The van der Waals surface area contributed by atoms with Gasteiger partial charge in [0, 0.05) is 6.54 Å². The molecule has 1 aliphatic heterocycles. The predicted octanol–water partition coefficient (Wildman–Crippen LogP) is 3.09. The van der Waals surface area contributed by atoms with Crippen LogP contribution in [0.2, 0.25) is 0 Å². The molecule has 2 heteroatoms. The van der Waals surface area contributed by atoms with Crippen molar-refractivity contribution in [1.82, 2.24) is 9.80 Å². The third-order valence-corrected chi connectivity index (χ3v) is 4.32. The minimum atomic E-state index is 0.585. The van der Waals surface area contributed by atoms with Crippen LogP contribution < -0.4 is 0 Å². The molecule has 0 bridgehead atoms. The minimum Gasteiger partial charge on any atom is -0.307 e. The molecule has 0 aromatic carbocycles. The van der Waals surface area contributed by atoms with E-state index in [1.165, 1.54) is 52.0 Å². The van der Waals surface area contributed by atoms with Gasteiger partial charge >= 0.3 is 0 Å². The fourth-order valence-electron chi connectivity index (χ4n) is 2.47. The van der Waals surface area contributed by atoms with Crippen LogP contribution in [-0.2, 0) is 0 Å². The summed E-state index contributed by atoms with van der Waals surface area (Å²) in [7, 11) is 2.22. The van der Waals surface area contributed by atoms with Crippen molar-refractivity contribution in [2.24, 2.45) is 11.3 Å². The summed E-state index contributed by atoms with van der Waals surface area (Å²) in [6.07, 6.45) is 4.08. The highest BCUT2D eigenvalue weighted by Gasteiger charge is 2.25. The largest absolute Gasteiger partial charge is 0.307 e. The van der Waals surface area contributed by atoms with E-state index in [9.17, 15) is 0 Å². The Labute approximate surface area is 108 Å². The summed E-state index contributed by atoms with van der Waals surface area (Å²) in [6.45, 7) is 15.8. The lowest BCUT2D eigenvalue weighted by atomic mass is 9.82. The standard InChI is InChI=1S/C15H32N2/c1-6-16(5)10-7-14(2)13-17-11-8-15(3,4)9-12-17/h14H,6-13H2,1-5H3. The second kappa shape index (κ2) is 6.75. The molecule has 0 radical (unpaired) electrons. The van der Waals surface area contributed by atoms with E-state index in [2.05, 4.69) is 44.5 Å². The third-order valence-electron chi connectivity index (χ3n) is 4.32. The number of hydrogen-bond acceptors (Lipinski definition) is 2. The van der Waals surface area contributed by atoms with Gasteiger partial charge in [0.15, 0.2) is 0 Å². The minimum absolute atomic E-state index is 0.585. The Kier molecular flexibility index (Phi) is 5.94. The number of likely N-dealkylation sites (tertiary alicyclic amines) is 1. The Balaban J connectivity index is 2.17. The first-order valence-corrected chi connectivity index (χ1v) is 7.34. The quantitative estimate of drug-likeness (QED) is 0.704. The van der Waals surface area contributed by atoms with E-state index in [1.807, 2.05) is 0 Å². The zero-order valence-corrected chi connectivity index (χ0v) is 12.6. The van der Waals surface area contributed by atoms with Gasteiger partial charge < -0.3 is 9.80 Å². The van der Waals surface area contributed by atoms with Crippen LogP contribution in [-0.4, -0.2) is 49.6 Å². The first kappa shape index (κ1) is 15.0. The van der Waals surface area contributed by atoms with Crippen LogP contribution in [0.3, 0.4) is 0 Å². The van der Waals surface area contributed by atoms with Gasteiger partial charge in [-0.1, -0.05) is 27.7 Å². The van der Waals surface area contributed by atoms with Crippen molar-refractivity contribution < 1.29 is 0 Å². The average Bonchev–Trinajstić information content (AvgIpc) is 2.29. The highest BCUT2D eigenvalue weighted by atomic mass is 15.1. The number of nitrogens with zero attached hydrogens (tertiary/aromatic N) is 2. The average molecular weight is 240 g/mol. The van der Waals surface area contributed by atoms with Crippen molar-refractivity contribution in [1.29, 1.82) is 0 Å². The van der Waals surface area contributed by atoms with Crippen LogP contribution in [0.4, 0.5) is 0 Å². The molecule has 0 aliphatic carbocycles. The summed E-state index contributed by atoms with van der Waals surface area (Å²) in [5, 5.41) is 0. The summed E-state index contributed by atoms with van der Waals surface area (Å²) >= 11 is 0. The van der Waals surface area contributed by atoms with Gasteiger partial charge in [-0.2, -0.15) is 0 Å². The molecule has 0 N–H and O–H groups in total. The normalized spacial score (nSPS) is 22.9. The molecular formula is C15H32N2. The van der Waals surface area contributed by atoms with Crippen LogP contribution in [0.15, 0.2) is 0 Å². The second-order valence-electron chi connectivity index (χ2n) is 6.75. The van der Waals surface area contributed by atoms with E-state index < -0.39 is 0 Å². The van der Waals surface area contributed by atoms with Gasteiger partial charge in [-0.15, -0.1) is 0 Å². The predicted molar refractivity (Wildman–Crippen MR) is 76.4 cm³/mol. The summed E-state index contributed by atoms with van der Waals surface area (Å²) < 4.78 is 0. The number of hydrogen-bond donors (Lipinski definition) is 0. The van der Waals surface area contributed by atoms with Crippen LogP contribution in [0.1, 0.15) is 47.0 Å². The molecular weight excluding hydrogens is 208 g/mol. The Bertz CT molecular complexity index is 203. The summed E-state index contributed by atoms with van der Waals surface area (Å²) in [6, 6.07) is 0. The molecule has 17 heavy (non-hydrogen) atoms. The van der Waals surface area contributed by atoms with E-state index in [0.29, 0.717) is 5.41 Å². The summed E-state index contributed by atoms with van der Waals surface area (Å²) in [4.78, 5) is 5.08. The Hall–Kier alpha value is -0.0800. The number of piperidine rings is 1. The Morgan fingerprint density at radius 2 is 1.82 bits per heavy atom. The highest BCUT2D eigenvalue weighted by Crippen LogP contribution is 2.30. The zero-order chi connectivity index (χ0) is 12.9. The molecule has 2 nitrogen and oxygen atoms in total. The molecule has 0 amide bonds. The molecule has 1 rings (SSSR count). The van der Waals surface area contributed by atoms with E-state index in [1.54, 1.807) is 0 Å². The number of rotatable bonds is 6. The Morgan fingerprint density at radius 1 is 1.24 bits per heavy atom. The van der Waals surface area contributed by atoms with Gasteiger partial charge in [0.05, 0.1) is 0 Å². The first-order chi connectivity index (χ1) is 7.93. The molecule has 102 valence electrons. The van der Waals surface area contributed by atoms with Gasteiger partial charge in [-0.25, -0.2) is 0 Å².